The van der Waals surface area contributed by atoms with E-state index in [9.17, 15) is 14.7 Å². The molecule has 1 aliphatic rings. The largest absolute Gasteiger partial charge is 0.481 e. The van der Waals surface area contributed by atoms with E-state index >= 15 is 0 Å². The summed E-state index contributed by atoms with van der Waals surface area (Å²) in [4.78, 5) is 23.3. The topological polar surface area (TPSA) is 87.7 Å². The Balaban J connectivity index is 2.46. The summed E-state index contributed by atoms with van der Waals surface area (Å²) in [6, 6.07) is -0.368. The molecule has 0 aliphatic heterocycles. The Morgan fingerprint density at radius 2 is 1.95 bits per heavy atom. The molecule has 20 heavy (non-hydrogen) atoms. The van der Waals surface area contributed by atoms with Crippen LogP contribution in [0.4, 0.5) is 4.79 Å². The van der Waals surface area contributed by atoms with Crippen molar-refractivity contribution in [3.05, 3.63) is 0 Å². The van der Waals surface area contributed by atoms with Crippen LogP contribution in [0.15, 0.2) is 0 Å². The molecule has 0 aromatic rings. The van der Waals surface area contributed by atoms with Gasteiger partial charge in [0, 0.05) is 13.7 Å². The molecule has 0 radical (unpaired) electrons. The normalized spacial score (nSPS) is 19.1. The van der Waals surface area contributed by atoms with Crippen molar-refractivity contribution in [3.8, 4) is 0 Å². The number of nitrogens with one attached hydrogen (secondary N) is 2. The van der Waals surface area contributed by atoms with Gasteiger partial charge in [0.15, 0.2) is 0 Å². The highest BCUT2D eigenvalue weighted by atomic mass is 16.5. The van der Waals surface area contributed by atoms with Gasteiger partial charge in [0.2, 0.25) is 0 Å². The van der Waals surface area contributed by atoms with Gasteiger partial charge in [-0.15, -0.1) is 0 Å². The SMILES string of the molecule is CCC(COC)NC(=O)NCC1(C(=O)O)CCCCC1. The zero-order chi connectivity index (χ0) is 15.0. The molecule has 1 aliphatic carbocycles. The van der Waals surface area contributed by atoms with Gasteiger partial charge in [-0.1, -0.05) is 26.2 Å². The lowest BCUT2D eigenvalue weighted by molar-refractivity contribution is -0.150. The van der Waals surface area contributed by atoms with E-state index in [1.165, 1.54) is 0 Å². The maximum atomic E-state index is 11.8. The minimum absolute atomic E-state index is 0.0490. The van der Waals surface area contributed by atoms with E-state index in [0.717, 1.165) is 25.7 Å². The van der Waals surface area contributed by atoms with Gasteiger partial charge >= 0.3 is 12.0 Å². The number of carboxylic acids is 1. The summed E-state index contributed by atoms with van der Waals surface area (Å²) >= 11 is 0. The number of carbonyl (C=O) groups excluding carboxylic acids is 1. The molecule has 1 saturated carbocycles. The molecular weight excluding hydrogens is 260 g/mol. The number of carboxylic acid groups (broad SMARTS) is 1. The van der Waals surface area contributed by atoms with Crippen LogP contribution in [0.1, 0.15) is 45.4 Å². The van der Waals surface area contributed by atoms with Crippen molar-refractivity contribution in [2.24, 2.45) is 5.41 Å². The maximum Gasteiger partial charge on any atom is 0.315 e. The van der Waals surface area contributed by atoms with Crippen LogP contribution < -0.4 is 10.6 Å². The summed E-state index contributed by atoms with van der Waals surface area (Å²) in [6.07, 6.45) is 4.95. The number of rotatable bonds is 7. The summed E-state index contributed by atoms with van der Waals surface area (Å²) in [7, 11) is 1.59. The fraction of sp³-hybridized carbons (Fsp3) is 0.857. The summed E-state index contributed by atoms with van der Waals surface area (Å²) < 4.78 is 5.01. The predicted octanol–water partition coefficient (Wildman–Crippen LogP) is 1.75. The predicted molar refractivity (Wildman–Crippen MR) is 75.6 cm³/mol. The maximum absolute atomic E-state index is 11.8. The first kappa shape index (κ1) is 16.8. The molecule has 6 heteroatoms. The fourth-order valence-corrected chi connectivity index (χ4v) is 2.64. The van der Waals surface area contributed by atoms with E-state index in [1.807, 2.05) is 6.92 Å². The summed E-state index contributed by atoms with van der Waals surface area (Å²) in [5.41, 5.74) is -0.793. The molecule has 0 heterocycles. The Labute approximate surface area is 120 Å². The third kappa shape index (κ3) is 4.67. The highest BCUT2D eigenvalue weighted by Gasteiger charge is 2.39. The molecule has 3 N–H and O–H groups in total. The number of ether oxygens (including phenoxy) is 1. The minimum atomic E-state index is -0.804. The van der Waals surface area contributed by atoms with Crippen LogP contribution in [0, 0.1) is 5.41 Å². The van der Waals surface area contributed by atoms with Crippen LogP contribution in [0.3, 0.4) is 0 Å². The number of urea groups is 1. The third-order valence-corrected chi connectivity index (χ3v) is 4.05. The molecule has 2 amide bonds. The molecule has 1 rings (SSSR count). The summed E-state index contributed by atoms with van der Waals surface area (Å²) in [6.45, 7) is 2.61. The third-order valence-electron chi connectivity index (χ3n) is 4.05. The van der Waals surface area contributed by atoms with E-state index in [0.29, 0.717) is 19.4 Å². The highest BCUT2D eigenvalue weighted by molar-refractivity contribution is 5.78. The van der Waals surface area contributed by atoms with E-state index < -0.39 is 11.4 Å². The minimum Gasteiger partial charge on any atom is -0.481 e. The lowest BCUT2D eigenvalue weighted by atomic mass is 9.74. The molecule has 1 atom stereocenters. The zero-order valence-corrected chi connectivity index (χ0v) is 12.4. The van der Waals surface area contributed by atoms with Gasteiger partial charge in [0.05, 0.1) is 18.1 Å². The van der Waals surface area contributed by atoms with Crippen molar-refractivity contribution in [1.29, 1.82) is 0 Å². The van der Waals surface area contributed by atoms with Crippen LogP contribution in [0.25, 0.3) is 0 Å². The Bertz CT molecular complexity index is 327. The summed E-state index contributed by atoms with van der Waals surface area (Å²) in [5.74, 6) is -0.804. The quantitative estimate of drug-likeness (QED) is 0.665. The van der Waals surface area contributed by atoms with Gasteiger partial charge in [-0.2, -0.15) is 0 Å². The molecule has 116 valence electrons. The van der Waals surface area contributed by atoms with Crippen LogP contribution in [0.5, 0.6) is 0 Å². The molecule has 1 unspecified atom stereocenters. The van der Waals surface area contributed by atoms with Gasteiger partial charge in [-0.3, -0.25) is 4.79 Å². The Morgan fingerprint density at radius 1 is 1.30 bits per heavy atom. The molecule has 0 bridgehead atoms. The Hall–Kier alpha value is -1.30. The van der Waals surface area contributed by atoms with Gasteiger partial charge in [-0.25, -0.2) is 4.79 Å². The second-order valence-electron chi connectivity index (χ2n) is 5.53. The number of hydrogen-bond donors (Lipinski definition) is 3. The molecule has 0 spiro atoms. The molecule has 0 saturated heterocycles. The van der Waals surface area contributed by atoms with Crippen molar-refractivity contribution in [2.75, 3.05) is 20.3 Å². The summed E-state index contributed by atoms with van der Waals surface area (Å²) in [5, 5.41) is 14.9. The zero-order valence-electron chi connectivity index (χ0n) is 12.4. The van der Waals surface area contributed by atoms with Gasteiger partial charge in [-0.05, 0) is 19.3 Å². The molecule has 1 fully saturated rings. The van der Waals surface area contributed by atoms with Crippen molar-refractivity contribution in [2.45, 2.75) is 51.5 Å². The number of carbonyl (C=O) groups is 2. The van der Waals surface area contributed by atoms with Gasteiger partial charge in [0.25, 0.3) is 0 Å². The molecule has 0 aromatic carbocycles. The molecule has 6 nitrogen and oxygen atoms in total. The van der Waals surface area contributed by atoms with E-state index in [1.54, 1.807) is 7.11 Å². The first-order valence-corrected chi connectivity index (χ1v) is 7.31. The molecular formula is C14H26N2O4. The number of aliphatic carboxylic acids is 1. The van der Waals surface area contributed by atoms with Gasteiger partial charge < -0.3 is 20.5 Å². The first-order valence-electron chi connectivity index (χ1n) is 7.31. The van der Waals surface area contributed by atoms with E-state index in [-0.39, 0.29) is 18.6 Å². The van der Waals surface area contributed by atoms with Gasteiger partial charge in [0.1, 0.15) is 0 Å². The van der Waals surface area contributed by atoms with Crippen LogP contribution in [-0.2, 0) is 9.53 Å². The van der Waals surface area contributed by atoms with Crippen LogP contribution in [-0.4, -0.2) is 43.4 Å². The Kier molecular flexibility index (Phi) is 6.78. The average Bonchev–Trinajstić information content (AvgIpc) is 2.45. The number of hydrogen-bond acceptors (Lipinski definition) is 3. The standard InChI is InChI=1S/C14H26N2O4/c1-3-11(9-20-2)16-13(19)15-10-14(12(17)18)7-5-4-6-8-14/h11H,3-10H2,1-2H3,(H,17,18)(H2,15,16,19). The van der Waals surface area contributed by atoms with Crippen LogP contribution in [0.2, 0.25) is 0 Å². The van der Waals surface area contributed by atoms with Crippen molar-refractivity contribution in [1.82, 2.24) is 10.6 Å². The second kappa shape index (κ2) is 8.09. The van der Waals surface area contributed by atoms with Crippen molar-refractivity contribution < 1.29 is 19.4 Å². The van der Waals surface area contributed by atoms with Crippen LogP contribution >= 0.6 is 0 Å². The lowest BCUT2D eigenvalue weighted by Crippen LogP contribution is -2.49. The number of methoxy groups -OCH3 is 1. The fourth-order valence-electron chi connectivity index (χ4n) is 2.64. The van der Waals surface area contributed by atoms with E-state index in [2.05, 4.69) is 10.6 Å². The molecule has 0 aromatic heterocycles. The average molecular weight is 286 g/mol. The highest BCUT2D eigenvalue weighted by Crippen LogP contribution is 2.35. The second-order valence-corrected chi connectivity index (χ2v) is 5.53. The number of amides is 2. The van der Waals surface area contributed by atoms with Crippen molar-refractivity contribution in [3.63, 3.8) is 0 Å². The van der Waals surface area contributed by atoms with E-state index in [4.69, 9.17) is 4.74 Å². The lowest BCUT2D eigenvalue weighted by Gasteiger charge is -2.33. The monoisotopic (exact) mass is 286 g/mol. The van der Waals surface area contributed by atoms with Crippen molar-refractivity contribution >= 4 is 12.0 Å². The Morgan fingerprint density at radius 3 is 2.45 bits per heavy atom. The smallest absolute Gasteiger partial charge is 0.315 e. The first-order chi connectivity index (χ1) is 9.54.